The number of aliphatic carboxylic acids is 1. The molecule has 2 amide bonds. The summed E-state index contributed by atoms with van der Waals surface area (Å²) >= 11 is 8.50. The van der Waals surface area contributed by atoms with Crippen LogP contribution in [0.2, 0.25) is 5.02 Å². The lowest BCUT2D eigenvalue weighted by Gasteiger charge is -2.24. The van der Waals surface area contributed by atoms with Gasteiger partial charge in [0.25, 0.3) is 0 Å². The summed E-state index contributed by atoms with van der Waals surface area (Å²) in [5.74, 6) is -1.27. The van der Waals surface area contributed by atoms with E-state index < -0.39 is 11.8 Å². The first kappa shape index (κ1) is 20.9. The molecule has 0 saturated heterocycles. The van der Waals surface area contributed by atoms with Crippen molar-refractivity contribution >= 4 is 51.8 Å². The number of nitrogens with one attached hydrogen (secondary N) is 1. The van der Waals surface area contributed by atoms with Crippen molar-refractivity contribution in [2.45, 2.75) is 35.4 Å². The molecule has 3 rings (SSSR count). The molecule has 2 N–H and O–H groups in total. The third kappa shape index (κ3) is 4.95. The zero-order chi connectivity index (χ0) is 20.3. The SMILES string of the molecule is CN(C(=O)Nc1ncc(SCC(=O)O)s1)C1CCC(c2cccc(F)c2Cl)C1. The van der Waals surface area contributed by atoms with Gasteiger partial charge in [0.15, 0.2) is 5.13 Å². The van der Waals surface area contributed by atoms with E-state index in [1.54, 1.807) is 24.2 Å². The molecular formula is C18H19ClFN3O3S2. The predicted octanol–water partition coefficient (Wildman–Crippen LogP) is 4.91. The van der Waals surface area contributed by atoms with E-state index in [4.69, 9.17) is 16.7 Å². The second-order valence-corrected chi connectivity index (χ2v) is 9.20. The lowest BCUT2D eigenvalue weighted by molar-refractivity contribution is -0.133. The van der Waals surface area contributed by atoms with Gasteiger partial charge in [-0.1, -0.05) is 35.1 Å². The number of carboxylic acid groups (broad SMARTS) is 1. The highest BCUT2D eigenvalue weighted by Crippen LogP contribution is 2.40. The number of nitrogens with zero attached hydrogens (tertiary/aromatic N) is 2. The highest BCUT2D eigenvalue weighted by atomic mass is 35.5. The van der Waals surface area contributed by atoms with Crippen LogP contribution in [0.15, 0.2) is 28.6 Å². The van der Waals surface area contributed by atoms with E-state index in [0.717, 1.165) is 34.4 Å². The minimum Gasteiger partial charge on any atom is -0.481 e. The van der Waals surface area contributed by atoms with Crippen LogP contribution < -0.4 is 5.32 Å². The number of amides is 2. The maximum atomic E-state index is 13.7. The van der Waals surface area contributed by atoms with Crippen molar-refractivity contribution in [3.05, 3.63) is 40.8 Å². The van der Waals surface area contributed by atoms with Crippen molar-refractivity contribution in [3.63, 3.8) is 0 Å². The molecule has 2 atom stereocenters. The van der Waals surface area contributed by atoms with Crippen molar-refractivity contribution in [1.29, 1.82) is 0 Å². The van der Waals surface area contributed by atoms with Crippen LogP contribution >= 0.6 is 34.7 Å². The quantitative estimate of drug-likeness (QED) is 0.619. The fraction of sp³-hybridized carbons (Fsp3) is 0.389. The lowest BCUT2D eigenvalue weighted by Crippen LogP contribution is -2.38. The Hall–Kier alpha value is -1.84. The van der Waals surface area contributed by atoms with E-state index in [1.807, 2.05) is 6.07 Å². The monoisotopic (exact) mass is 443 g/mol. The van der Waals surface area contributed by atoms with E-state index in [2.05, 4.69) is 10.3 Å². The summed E-state index contributed by atoms with van der Waals surface area (Å²) in [6, 6.07) is 4.58. The minimum atomic E-state index is -0.905. The Balaban J connectivity index is 1.57. The molecule has 0 spiro atoms. The Bertz CT molecular complexity index is 880. The molecule has 28 heavy (non-hydrogen) atoms. The van der Waals surface area contributed by atoms with Gasteiger partial charge in [0.05, 0.1) is 21.2 Å². The van der Waals surface area contributed by atoms with E-state index >= 15 is 0 Å². The first-order chi connectivity index (χ1) is 13.3. The molecule has 1 fully saturated rings. The number of carbonyl (C=O) groups is 2. The Morgan fingerprint density at radius 1 is 1.46 bits per heavy atom. The number of urea groups is 1. The third-order valence-electron chi connectivity index (χ3n) is 4.73. The molecule has 1 aromatic heterocycles. The second kappa shape index (κ2) is 9.11. The van der Waals surface area contributed by atoms with Crippen molar-refractivity contribution in [3.8, 4) is 0 Å². The Morgan fingerprint density at radius 3 is 3.00 bits per heavy atom. The predicted molar refractivity (Wildman–Crippen MR) is 109 cm³/mol. The number of benzene rings is 1. The van der Waals surface area contributed by atoms with Gasteiger partial charge in [-0.3, -0.25) is 10.1 Å². The van der Waals surface area contributed by atoms with Crippen LogP contribution in [-0.2, 0) is 4.79 Å². The summed E-state index contributed by atoms with van der Waals surface area (Å²) in [6.07, 6.45) is 3.90. The van der Waals surface area contributed by atoms with Crippen molar-refractivity contribution in [2.75, 3.05) is 18.1 Å². The van der Waals surface area contributed by atoms with E-state index in [9.17, 15) is 14.0 Å². The molecule has 0 bridgehead atoms. The third-order valence-corrected chi connectivity index (χ3v) is 7.22. The van der Waals surface area contributed by atoms with Gasteiger partial charge in [-0.2, -0.15) is 0 Å². The van der Waals surface area contributed by atoms with Crippen LogP contribution in [0.5, 0.6) is 0 Å². The van der Waals surface area contributed by atoms with Gasteiger partial charge < -0.3 is 10.0 Å². The number of rotatable bonds is 6. The summed E-state index contributed by atoms with van der Waals surface area (Å²) in [7, 11) is 1.73. The second-order valence-electron chi connectivity index (χ2n) is 6.51. The Labute approximate surface area is 175 Å². The summed E-state index contributed by atoms with van der Waals surface area (Å²) in [6.45, 7) is 0. The van der Waals surface area contributed by atoms with Gasteiger partial charge in [0.1, 0.15) is 5.82 Å². The molecule has 0 aliphatic heterocycles. The number of hydrogen-bond acceptors (Lipinski definition) is 5. The van der Waals surface area contributed by atoms with E-state index in [0.29, 0.717) is 11.6 Å². The molecule has 0 radical (unpaired) electrons. The molecular weight excluding hydrogens is 425 g/mol. The Kier molecular flexibility index (Phi) is 6.79. The first-order valence-corrected chi connectivity index (χ1v) is 10.8. The van der Waals surface area contributed by atoms with Crippen LogP contribution in [0.4, 0.5) is 14.3 Å². The van der Waals surface area contributed by atoms with Crippen molar-refractivity contribution in [1.82, 2.24) is 9.88 Å². The first-order valence-electron chi connectivity index (χ1n) is 8.63. The highest BCUT2D eigenvalue weighted by molar-refractivity contribution is 8.01. The molecule has 1 aromatic carbocycles. The van der Waals surface area contributed by atoms with E-state index in [1.165, 1.54) is 17.4 Å². The maximum Gasteiger partial charge on any atom is 0.323 e. The fourth-order valence-corrected chi connectivity index (χ4v) is 5.15. The van der Waals surface area contributed by atoms with Gasteiger partial charge >= 0.3 is 12.0 Å². The molecule has 150 valence electrons. The number of hydrogen-bond donors (Lipinski definition) is 2. The highest BCUT2D eigenvalue weighted by Gasteiger charge is 2.32. The maximum absolute atomic E-state index is 13.7. The molecule has 1 aliphatic rings. The number of carbonyl (C=O) groups excluding carboxylic acids is 1. The molecule has 1 heterocycles. The molecule has 6 nitrogen and oxygen atoms in total. The number of thioether (sulfide) groups is 1. The van der Waals surface area contributed by atoms with Gasteiger partial charge in [-0.15, -0.1) is 11.8 Å². The number of anilines is 1. The molecule has 10 heteroatoms. The van der Waals surface area contributed by atoms with Crippen LogP contribution in [0.25, 0.3) is 0 Å². The standard InChI is InChI=1S/C18H19ClFN3O3S2/c1-23(18(26)22-17-21-8-15(28-17)27-9-14(24)25)11-6-5-10(7-11)12-3-2-4-13(20)16(12)19/h2-4,8,10-11H,5-7,9H2,1H3,(H,24,25)(H,21,22,26). The smallest absolute Gasteiger partial charge is 0.323 e. The minimum absolute atomic E-state index is 0.0187. The molecule has 2 unspecified atom stereocenters. The summed E-state index contributed by atoms with van der Waals surface area (Å²) < 4.78 is 14.4. The van der Waals surface area contributed by atoms with Crippen molar-refractivity contribution < 1.29 is 19.1 Å². The van der Waals surface area contributed by atoms with Crippen LogP contribution in [0, 0.1) is 5.82 Å². The number of thiazole rings is 1. The zero-order valence-corrected chi connectivity index (χ0v) is 17.4. The molecule has 1 aliphatic carbocycles. The number of aromatic nitrogens is 1. The summed E-state index contributed by atoms with van der Waals surface area (Å²) in [5.41, 5.74) is 0.790. The average Bonchev–Trinajstić information content (AvgIpc) is 3.31. The van der Waals surface area contributed by atoms with Crippen molar-refractivity contribution in [2.24, 2.45) is 0 Å². The number of halogens is 2. The van der Waals surface area contributed by atoms with Gasteiger partial charge in [0, 0.05) is 13.1 Å². The average molecular weight is 444 g/mol. The summed E-state index contributed by atoms with van der Waals surface area (Å²) in [5, 5.41) is 12.0. The largest absolute Gasteiger partial charge is 0.481 e. The van der Waals surface area contributed by atoms with E-state index in [-0.39, 0.29) is 28.8 Å². The van der Waals surface area contributed by atoms with Gasteiger partial charge in [-0.05, 0) is 36.8 Å². The van der Waals surface area contributed by atoms with Crippen LogP contribution in [0.3, 0.4) is 0 Å². The fourth-order valence-electron chi connectivity index (χ4n) is 3.29. The normalized spacial score (nSPS) is 18.8. The lowest BCUT2D eigenvalue weighted by atomic mass is 9.97. The zero-order valence-electron chi connectivity index (χ0n) is 15.0. The van der Waals surface area contributed by atoms with Crippen LogP contribution in [-0.4, -0.2) is 45.8 Å². The summed E-state index contributed by atoms with van der Waals surface area (Å²) in [4.78, 5) is 28.9. The topological polar surface area (TPSA) is 82.5 Å². The molecule has 2 aromatic rings. The molecule has 1 saturated carbocycles. The van der Waals surface area contributed by atoms with Gasteiger partial charge in [0.2, 0.25) is 0 Å². The van der Waals surface area contributed by atoms with Gasteiger partial charge in [-0.25, -0.2) is 14.2 Å². The number of carboxylic acids is 1. The van der Waals surface area contributed by atoms with Crippen LogP contribution in [0.1, 0.15) is 30.7 Å². The Morgan fingerprint density at radius 2 is 2.25 bits per heavy atom.